The number of nitrogens with one attached hydrogen (secondary N) is 4. The second kappa shape index (κ2) is 14.5. The zero-order valence-electron chi connectivity index (χ0n) is 20.7. The quantitative estimate of drug-likeness (QED) is 0.202. The van der Waals surface area contributed by atoms with Crippen LogP contribution in [-0.2, 0) is 24.0 Å². The number of hydrogen-bond acceptors (Lipinski definition) is 6. The molecule has 11 nitrogen and oxygen atoms in total. The lowest BCUT2D eigenvalue weighted by atomic mass is 9.95. The van der Waals surface area contributed by atoms with E-state index in [9.17, 15) is 24.0 Å². The van der Waals surface area contributed by atoms with Crippen molar-refractivity contribution in [3.8, 4) is 0 Å². The van der Waals surface area contributed by atoms with E-state index in [-0.39, 0.29) is 17.8 Å². The summed E-state index contributed by atoms with van der Waals surface area (Å²) in [6.07, 6.45) is 1.08. The molecule has 0 aromatic carbocycles. The number of hydrogen-bond donors (Lipinski definition) is 6. The van der Waals surface area contributed by atoms with Gasteiger partial charge in [0.25, 0.3) is 0 Å². The lowest BCUT2D eigenvalue weighted by molar-refractivity contribution is -0.138. The molecular formula is C22H41N5O6. The number of aliphatic carboxylic acids is 1. The first-order valence-corrected chi connectivity index (χ1v) is 11.4. The summed E-state index contributed by atoms with van der Waals surface area (Å²) in [5.74, 6) is -3.74. The Bertz CT molecular complexity index is 697. The van der Waals surface area contributed by atoms with Crippen molar-refractivity contribution in [3.05, 3.63) is 0 Å². The van der Waals surface area contributed by atoms with E-state index in [0.717, 1.165) is 0 Å². The Morgan fingerprint density at radius 3 is 1.76 bits per heavy atom. The van der Waals surface area contributed by atoms with Crippen LogP contribution < -0.4 is 27.0 Å². The van der Waals surface area contributed by atoms with Gasteiger partial charge in [-0.3, -0.25) is 24.0 Å². The molecule has 7 N–H and O–H groups in total. The lowest BCUT2D eigenvalue weighted by Gasteiger charge is -2.29. The highest BCUT2D eigenvalue weighted by atomic mass is 16.4. The van der Waals surface area contributed by atoms with Crippen LogP contribution in [-0.4, -0.2) is 65.4 Å². The molecule has 4 amide bonds. The Kier molecular flexibility index (Phi) is 13.3. The summed E-state index contributed by atoms with van der Waals surface area (Å²) in [5, 5.41) is 18.7. The molecule has 33 heavy (non-hydrogen) atoms. The minimum atomic E-state index is -1.21. The predicted molar refractivity (Wildman–Crippen MR) is 124 cm³/mol. The van der Waals surface area contributed by atoms with Crippen molar-refractivity contribution in [3.63, 3.8) is 0 Å². The molecule has 0 radical (unpaired) electrons. The Labute approximate surface area is 196 Å². The third kappa shape index (κ3) is 11.1. The fourth-order valence-electron chi connectivity index (χ4n) is 3.04. The fourth-order valence-corrected chi connectivity index (χ4v) is 3.04. The Morgan fingerprint density at radius 1 is 0.788 bits per heavy atom. The van der Waals surface area contributed by atoms with E-state index in [0.29, 0.717) is 12.8 Å². The monoisotopic (exact) mass is 471 g/mol. The summed E-state index contributed by atoms with van der Waals surface area (Å²) in [6, 6.07) is -3.61. The summed E-state index contributed by atoms with van der Waals surface area (Å²) in [7, 11) is 0. The molecule has 0 bridgehead atoms. The highest BCUT2D eigenvalue weighted by Crippen LogP contribution is 2.12. The zero-order chi connectivity index (χ0) is 25.9. The summed E-state index contributed by atoms with van der Waals surface area (Å²) < 4.78 is 0. The van der Waals surface area contributed by atoms with Gasteiger partial charge in [-0.15, -0.1) is 0 Å². The maximum absolute atomic E-state index is 13.0. The number of amides is 4. The van der Waals surface area contributed by atoms with E-state index >= 15 is 0 Å². The first-order valence-electron chi connectivity index (χ1n) is 11.4. The van der Waals surface area contributed by atoms with Crippen LogP contribution in [0.1, 0.15) is 61.3 Å². The smallest absolute Gasteiger partial charge is 0.322 e. The van der Waals surface area contributed by atoms with Crippen LogP contribution in [0, 0.1) is 17.8 Å². The van der Waals surface area contributed by atoms with E-state index < -0.39 is 60.3 Å². The van der Waals surface area contributed by atoms with Gasteiger partial charge in [-0.25, -0.2) is 0 Å². The molecule has 0 spiro atoms. The molecule has 0 rings (SSSR count). The average Bonchev–Trinajstić information content (AvgIpc) is 2.71. The highest BCUT2D eigenvalue weighted by molar-refractivity contribution is 5.95. The number of carboxylic acid groups (broad SMARTS) is 1. The van der Waals surface area contributed by atoms with Crippen LogP contribution in [0.15, 0.2) is 0 Å². The number of nitrogens with two attached hydrogens (primary N) is 1. The number of carbonyl (C=O) groups excluding carboxylic acids is 4. The molecule has 190 valence electrons. The molecule has 5 atom stereocenters. The molecule has 0 unspecified atom stereocenters. The van der Waals surface area contributed by atoms with E-state index in [2.05, 4.69) is 21.3 Å². The number of rotatable bonds is 14. The van der Waals surface area contributed by atoms with Gasteiger partial charge in [0.05, 0.1) is 6.04 Å². The highest BCUT2D eigenvalue weighted by Gasteiger charge is 2.33. The van der Waals surface area contributed by atoms with Gasteiger partial charge in [0.15, 0.2) is 0 Å². The molecule has 0 aromatic rings. The minimum Gasteiger partial charge on any atom is -0.480 e. The van der Waals surface area contributed by atoms with Gasteiger partial charge < -0.3 is 32.1 Å². The third-order valence-corrected chi connectivity index (χ3v) is 5.27. The SMILES string of the molecule is CC[C@H](C)[C@H](NC(=O)[C@@H](N)CC(C)C)C(=O)N[C@H](C(=O)N[C@@H](C)C(=O)NCC(=O)O)C(C)C. The maximum Gasteiger partial charge on any atom is 0.322 e. The molecule has 0 aliphatic heterocycles. The van der Waals surface area contributed by atoms with Crippen molar-refractivity contribution >= 4 is 29.6 Å². The molecular weight excluding hydrogens is 430 g/mol. The maximum atomic E-state index is 13.0. The molecule has 0 saturated heterocycles. The van der Waals surface area contributed by atoms with Crippen molar-refractivity contribution in [1.82, 2.24) is 21.3 Å². The standard InChI is InChI=1S/C22H41N5O6/c1-8-13(6)18(27-20(31)15(23)9-11(2)3)22(33)26-17(12(4)5)21(32)25-14(7)19(30)24-10-16(28)29/h11-15,17-18H,8-10,23H2,1-7H3,(H,24,30)(H,25,32)(H,26,33)(H,27,31)(H,28,29)/t13-,14-,15-,17-,18-/m0/s1. The van der Waals surface area contributed by atoms with Crippen LogP contribution >= 0.6 is 0 Å². The molecule has 11 heteroatoms. The summed E-state index contributed by atoms with van der Waals surface area (Å²) in [4.78, 5) is 60.9. The van der Waals surface area contributed by atoms with E-state index in [1.807, 2.05) is 27.7 Å². The topological polar surface area (TPSA) is 180 Å². The second-order valence-electron chi connectivity index (χ2n) is 9.18. The van der Waals surface area contributed by atoms with Gasteiger partial charge in [-0.2, -0.15) is 0 Å². The zero-order valence-corrected chi connectivity index (χ0v) is 20.7. The van der Waals surface area contributed by atoms with Gasteiger partial charge in [0, 0.05) is 0 Å². The van der Waals surface area contributed by atoms with Crippen LogP contribution in [0.4, 0.5) is 0 Å². The van der Waals surface area contributed by atoms with Crippen LogP contribution in [0.2, 0.25) is 0 Å². The summed E-state index contributed by atoms with van der Waals surface area (Å²) in [6.45, 7) is 11.9. The van der Waals surface area contributed by atoms with Gasteiger partial charge >= 0.3 is 5.97 Å². The van der Waals surface area contributed by atoms with Crippen molar-refractivity contribution in [2.24, 2.45) is 23.5 Å². The van der Waals surface area contributed by atoms with Crippen LogP contribution in [0.5, 0.6) is 0 Å². The average molecular weight is 472 g/mol. The third-order valence-electron chi connectivity index (χ3n) is 5.27. The largest absolute Gasteiger partial charge is 0.480 e. The van der Waals surface area contributed by atoms with E-state index in [4.69, 9.17) is 10.8 Å². The molecule has 0 heterocycles. The van der Waals surface area contributed by atoms with Crippen LogP contribution in [0.25, 0.3) is 0 Å². The van der Waals surface area contributed by atoms with Crippen molar-refractivity contribution < 1.29 is 29.1 Å². The molecule has 0 aromatic heterocycles. The van der Waals surface area contributed by atoms with Gasteiger partial charge in [-0.05, 0) is 31.1 Å². The van der Waals surface area contributed by atoms with Crippen molar-refractivity contribution in [2.75, 3.05) is 6.54 Å². The summed E-state index contributed by atoms with van der Waals surface area (Å²) >= 11 is 0. The first kappa shape index (κ1) is 30.3. The number of carbonyl (C=O) groups is 5. The predicted octanol–water partition coefficient (Wildman–Crippen LogP) is -0.263. The Morgan fingerprint density at radius 2 is 1.30 bits per heavy atom. The van der Waals surface area contributed by atoms with Crippen LogP contribution in [0.3, 0.4) is 0 Å². The molecule has 0 aliphatic rings. The second-order valence-corrected chi connectivity index (χ2v) is 9.18. The van der Waals surface area contributed by atoms with Gasteiger partial charge in [0.2, 0.25) is 23.6 Å². The first-order chi connectivity index (χ1) is 15.2. The number of carboxylic acids is 1. The van der Waals surface area contributed by atoms with Crippen molar-refractivity contribution in [1.29, 1.82) is 0 Å². The molecule has 0 saturated carbocycles. The Balaban J connectivity index is 5.32. The van der Waals surface area contributed by atoms with Gasteiger partial charge in [-0.1, -0.05) is 48.0 Å². The summed E-state index contributed by atoms with van der Waals surface area (Å²) in [5.41, 5.74) is 5.95. The molecule has 0 aliphatic carbocycles. The lowest BCUT2D eigenvalue weighted by Crippen LogP contribution is -2.60. The Hall–Kier alpha value is -2.69. The minimum absolute atomic E-state index is 0.211. The van der Waals surface area contributed by atoms with Gasteiger partial charge in [0.1, 0.15) is 24.7 Å². The normalized spacial score (nSPS) is 15.7. The fraction of sp³-hybridized carbons (Fsp3) is 0.773. The van der Waals surface area contributed by atoms with E-state index in [1.165, 1.54) is 6.92 Å². The van der Waals surface area contributed by atoms with E-state index in [1.54, 1.807) is 13.8 Å². The molecule has 0 fully saturated rings. The van der Waals surface area contributed by atoms with Crippen molar-refractivity contribution in [2.45, 2.75) is 85.5 Å².